The standard InChI is InChI=1S/2C8H17O.2C4F9.Sn/c2*1-2-3-4-5-6-7-8-9;2*5-1(6)2(7,8)3(9,10)4(11,12)13;/h2*2-8H2,1H3;;;/q2*-1;;;+2. The Bertz CT molecular complexity index is 803. The molecule has 0 saturated heterocycles. The summed E-state index contributed by atoms with van der Waals surface area (Å²) in [5.41, 5.74) is 0. The second kappa shape index (κ2) is 16.2. The van der Waals surface area contributed by atoms with E-state index in [9.17, 15) is 61.5 Å². The summed E-state index contributed by atoms with van der Waals surface area (Å²) in [4.78, 5) is 0. The predicted molar refractivity (Wildman–Crippen MR) is 126 cm³/mol. The van der Waals surface area contributed by atoms with Crippen LogP contribution in [0.15, 0.2) is 0 Å². The van der Waals surface area contributed by atoms with Crippen LogP contribution < -0.4 is 0 Å². The first-order valence-electron chi connectivity index (χ1n) is 13.8. The quantitative estimate of drug-likeness (QED) is 0.0616. The van der Waals surface area contributed by atoms with Gasteiger partial charge in [0.2, 0.25) is 0 Å². The Morgan fingerprint density at radius 3 is 0.844 bits per heavy atom. The molecule has 0 aliphatic carbocycles. The van der Waals surface area contributed by atoms with Gasteiger partial charge >= 0.3 is 252 Å². The Hall–Kier alpha value is -0.541. The molecule has 0 rings (SSSR count). The van der Waals surface area contributed by atoms with E-state index in [1.807, 2.05) is 0 Å². The third kappa shape index (κ3) is 8.93. The summed E-state index contributed by atoms with van der Waals surface area (Å²) >= 11 is -10.3. The fourth-order valence-corrected chi connectivity index (χ4v) is 13.1. The second-order valence-corrected chi connectivity index (χ2v) is 19.0. The number of hydrogen-bond acceptors (Lipinski definition) is 2. The maximum atomic E-state index is 15.4. The van der Waals surface area contributed by atoms with Gasteiger partial charge in [-0.1, -0.05) is 0 Å². The van der Waals surface area contributed by atoms with E-state index in [1.165, 1.54) is 0 Å². The van der Waals surface area contributed by atoms with Gasteiger partial charge in [-0.25, -0.2) is 0 Å². The molecule has 0 saturated carbocycles. The van der Waals surface area contributed by atoms with E-state index >= 15 is 17.6 Å². The molecule has 0 fully saturated rings. The van der Waals surface area contributed by atoms with Gasteiger partial charge in [-0.2, -0.15) is 0 Å². The number of alkyl halides is 18. The summed E-state index contributed by atoms with van der Waals surface area (Å²) in [6.45, 7) is -0.257. The van der Waals surface area contributed by atoms with Gasteiger partial charge < -0.3 is 0 Å². The predicted octanol–water partition coefficient (Wildman–Crippen LogP) is 11.2. The average molecular weight is 815 g/mol. The van der Waals surface area contributed by atoms with Crippen LogP contribution in [-0.4, -0.2) is 76.3 Å². The maximum absolute atomic E-state index is 15.4. The zero-order valence-electron chi connectivity index (χ0n) is 24.0. The molecule has 2 nitrogen and oxygen atoms in total. The van der Waals surface area contributed by atoms with Crippen LogP contribution in [0, 0.1) is 0 Å². The molecule has 0 aromatic heterocycles. The minimum absolute atomic E-state index is 0.107. The molecular weight excluding hydrogens is 781 g/mol. The monoisotopic (exact) mass is 816 g/mol. The van der Waals surface area contributed by atoms with Crippen molar-refractivity contribution in [3.05, 3.63) is 0 Å². The fraction of sp³-hybridized carbons (Fsp3) is 1.00. The molecule has 272 valence electrons. The van der Waals surface area contributed by atoms with Crippen molar-refractivity contribution in [2.24, 2.45) is 0 Å². The van der Waals surface area contributed by atoms with Gasteiger partial charge in [-0.15, -0.1) is 0 Å². The molecule has 0 aromatic carbocycles. The summed E-state index contributed by atoms with van der Waals surface area (Å²) in [5, 5.41) is 0. The summed E-state index contributed by atoms with van der Waals surface area (Å²) in [6.07, 6.45) is -14.4. The van der Waals surface area contributed by atoms with Crippen LogP contribution in [-0.2, 0) is 6.15 Å². The first-order valence-corrected chi connectivity index (χ1v) is 19.0. The van der Waals surface area contributed by atoms with Crippen molar-refractivity contribution in [2.45, 2.75) is 135 Å². The van der Waals surface area contributed by atoms with Gasteiger partial charge in [0.15, 0.2) is 0 Å². The summed E-state index contributed by atoms with van der Waals surface area (Å²) in [6, 6.07) is 0. The first-order chi connectivity index (χ1) is 20.1. The molecule has 0 unspecified atom stereocenters. The zero-order valence-corrected chi connectivity index (χ0v) is 26.9. The summed E-state index contributed by atoms with van der Waals surface area (Å²) in [5.74, 6) is -32.4. The van der Waals surface area contributed by atoms with Gasteiger partial charge in [0.05, 0.1) is 0 Å². The normalized spacial score (nSPS) is 15.2. The van der Waals surface area contributed by atoms with E-state index in [0.717, 1.165) is 0 Å². The molecule has 0 bridgehead atoms. The minimum atomic E-state index is -10.3. The van der Waals surface area contributed by atoms with Crippen molar-refractivity contribution >= 4 is 19.2 Å². The Labute approximate surface area is 252 Å². The Balaban J connectivity index is 7.35. The second-order valence-electron chi connectivity index (χ2n) is 10.3. The number of hydrogen-bond donors (Lipinski definition) is 0. The molecule has 0 spiro atoms. The van der Waals surface area contributed by atoms with Gasteiger partial charge in [-0.05, 0) is 0 Å². The van der Waals surface area contributed by atoms with Crippen LogP contribution >= 0.6 is 0 Å². The van der Waals surface area contributed by atoms with Gasteiger partial charge in [0.1, 0.15) is 0 Å². The zero-order chi connectivity index (χ0) is 35.8. The molecule has 0 radical (unpaired) electrons. The van der Waals surface area contributed by atoms with E-state index in [0.29, 0.717) is 38.5 Å². The molecule has 21 heteroatoms. The molecule has 45 heavy (non-hydrogen) atoms. The van der Waals surface area contributed by atoms with Crippen LogP contribution in [0.1, 0.15) is 90.9 Å². The summed E-state index contributed by atoms with van der Waals surface area (Å²) < 4.78 is 244. The topological polar surface area (TPSA) is 18.5 Å². The first kappa shape index (κ1) is 44.5. The molecule has 0 aliphatic heterocycles. The number of unbranched alkanes of at least 4 members (excludes halogenated alkanes) is 10. The number of halogens is 18. The summed E-state index contributed by atoms with van der Waals surface area (Å²) in [7, 11) is 0. The van der Waals surface area contributed by atoms with E-state index in [-0.39, 0.29) is 25.7 Å². The van der Waals surface area contributed by atoms with Crippen molar-refractivity contribution in [3.63, 3.8) is 0 Å². The van der Waals surface area contributed by atoms with Crippen molar-refractivity contribution < 1.29 is 85.2 Å². The SMILES string of the molecule is CCCCCCCC[O][Sn]([O]CCCCCCCC)([C](F)(F)C(F)(F)C(F)(F)C(F)(F)F)[C](F)(F)C(F)(F)C(F)(F)C(F)(F)F. The van der Waals surface area contributed by atoms with E-state index in [4.69, 9.17) is 0 Å². The fourth-order valence-electron chi connectivity index (χ4n) is 3.96. The molecular formula is C24H34F18O2Sn. The Morgan fingerprint density at radius 1 is 0.356 bits per heavy atom. The molecule has 0 heterocycles. The van der Waals surface area contributed by atoms with E-state index in [1.54, 1.807) is 13.8 Å². The van der Waals surface area contributed by atoms with Crippen LogP contribution in [0.4, 0.5) is 79.0 Å². The van der Waals surface area contributed by atoms with Crippen molar-refractivity contribution in [1.29, 1.82) is 0 Å². The van der Waals surface area contributed by atoms with Crippen LogP contribution in [0.25, 0.3) is 0 Å². The number of rotatable bonds is 22. The third-order valence-electron chi connectivity index (χ3n) is 6.72. The Morgan fingerprint density at radius 2 is 0.600 bits per heavy atom. The van der Waals surface area contributed by atoms with E-state index in [2.05, 4.69) is 6.15 Å². The average Bonchev–Trinajstić information content (AvgIpc) is 2.88. The third-order valence-corrected chi connectivity index (χ3v) is 16.7. The van der Waals surface area contributed by atoms with Crippen LogP contribution in [0.3, 0.4) is 0 Å². The van der Waals surface area contributed by atoms with Crippen LogP contribution in [0.2, 0.25) is 0 Å². The molecule has 0 aromatic rings. The molecule has 0 aliphatic rings. The van der Waals surface area contributed by atoms with Gasteiger partial charge in [-0.3, -0.25) is 0 Å². The van der Waals surface area contributed by atoms with Gasteiger partial charge in [0, 0.05) is 0 Å². The van der Waals surface area contributed by atoms with Gasteiger partial charge in [0.25, 0.3) is 0 Å². The Kier molecular flexibility index (Phi) is 16.0. The van der Waals surface area contributed by atoms with Crippen molar-refractivity contribution in [2.75, 3.05) is 13.2 Å². The van der Waals surface area contributed by atoms with E-state index < -0.39 is 89.2 Å². The van der Waals surface area contributed by atoms with Crippen molar-refractivity contribution in [1.82, 2.24) is 0 Å². The molecule has 0 N–H and O–H groups in total. The molecule has 0 atom stereocenters. The molecule has 0 amide bonds. The van der Waals surface area contributed by atoms with Crippen molar-refractivity contribution in [3.8, 4) is 0 Å². The van der Waals surface area contributed by atoms with Crippen LogP contribution in [0.5, 0.6) is 0 Å².